The number of aliphatic hydroxyl groups excluding tert-OH is 1. The van der Waals surface area contributed by atoms with E-state index in [1.54, 1.807) is 0 Å². The molecule has 0 amide bonds. The number of hydrogen-bond acceptors (Lipinski definition) is 4. The summed E-state index contributed by atoms with van der Waals surface area (Å²) in [6.07, 6.45) is 1.89. The molecule has 4 heteroatoms. The zero-order valence-electron chi connectivity index (χ0n) is 14.4. The van der Waals surface area contributed by atoms with E-state index in [2.05, 4.69) is 29.2 Å². The Balaban J connectivity index is 1.50. The third-order valence-corrected chi connectivity index (χ3v) is 5.57. The summed E-state index contributed by atoms with van der Waals surface area (Å²) in [7, 11) is 0. The third-order valence-electron chi connectivity index (χ3n) is 5.57. The Morgan fingerprint density at radius 2 is 1.68 bits per heavy atom. The van der Waals surface area contributed by atoms with Gasteiger partial charge in [-0.1, -0.05) is 42.5 Å². The number of benzene rings is 2. The smallest absolute Gasteiger partial charge is 0.126 e. The second-order valence-corrected chi connectivity index (χ2v) is 7.18. The number of nitrogens with two attached hydrogens (primary N) is 1. The van der Waals surface area contributed by atoms with Crippen LogP contribution in [0.15, 0.2) is 54.6 Å². The van der Waals surface area contributed by atoms with E-state index in [1.165, 1.54) is 11.1 Å². The molecule has 2 aromatic rings. The summed E-state index contributed by atoms with van der Waals surface area (Å²) in [5.41, 5.74) is 9.18. The van der Waals surface area contributed by atoms with Crippen LogP contribution in [0.4, 0.5) is 0 Å². The highest BCUT2D eigenvalue weighted by molar-refractivity contribution is 5.29. The van der Waals surface area contributed by atoms with Crippen molar-refractivity contribution in [2.75, 3.05) is 6.54 Å². The molecule has 0 bridgehead atoms. The minimum Gasteiger partial charge on any atom is -0.488 e. The largest absolute Gasteiger partial charge is 0.488 e. The van der Waals surface area contributed by atoms with Gasteiger partial charge in [0.15, 0.2) is 0 Å². The van der Waals surface area contributed by atoms with Gasteiger partial charge in [0.05, 0.1) is 6.04 Å². The van der Waals surface area contributed by atoms with Crippen molar-refractivity contribution in [3.05, 3.63) is 65.7 Å². The molecule has 0 spiro atoms. The molecule has 4 atom stereocenters. The maximum atomic E-state index is 11.0. The molecule has 0 saturated heterocycles. The van der Waals surface area contributed by atoms with E-state index in [4.69, 9.17) is 10.5 Å². The fourth-order valence-electron chi connectivity index (χ4n) is 4.23. The summed E-state index contributed by atoms with van der Waals surface area (Å²) < 4.78 is 6.07. The zero-order valence-corrected chi connectivity index (χ0v) is 14.4. The highest BCUT2D eigenvalue weighted by Crippen LogP contribution is 2.30. The number of fused-ring (bicyclic) bond motifs is 1. The van der Waals surface area contributed by atoms with Crippen LogP contribution in [0.2, 0.25) is 0 Å². The highest BCUT2D eigenvalue weighted by atomic mass is 16.5. The Kier molecular flexibility index (Phi) is 4.75. The van der Waals surface area contributed by atoms with Crippen LogP contribution in [0, 0.1) is 0 Å². The summed E-state index contributed by atoms with van der Waals surface area (Å²) in [6, 6.07) is 18.2. The van der Waals surface area contributed by atoms with Crippen LogP contribution in [-0.4, -0.2) is 40.8 Å². The first-order valence-corrected chi connectivity index (χ1v) is 9.18. The van der Waals surface area contributed by atoms with Crippen molar-refractivity contribution in [3.63, 3.8) is 0 Å². The van der Waals surface area contributed by atoms with E-state index in [0.29, 0.717) is 0 Å². The molecule has 0 radical (unpaired) electrons. The van der Waals surface area contributed by atoms with Gasteiger partial charge in [0.2, 0.25) is 0 Å². The van der Waals surface area contributed by atoms with Crippen molar-refractivity contribution in [3.8, 4) is 5.75 Å². The van der Waals surface area contributed by atoms with E-state index in [0.717, 1.165) is 38.1 Å². The average molecular weight is 338 g/mol. The molecule has 2 aromatic carbocycles. The van der Waals surface area contributed by atoms with Crippen LogP contribution in [0.1, 0.15) is 24.0 Å². The second kappa shape index (κ2) is 7.16. The molecular weight excluding hydrogens is 312 g/mol. The summed E-state index contributed by atoms with van der Waals surface area (Å²) in [6.45, 7) is 1.79. The summed E-state index contributed by atoms with van der Waals surface area (Å²) >= 11 is 0. The van der Waals surface area contributed by atoms with Gasteiger partial charge in [0.25, 0.3) is 0 Å². The van der Waals surface area contributed by atoms with Crippen molar-refractivity contribution >= 4 is 0 Å². The summed E-state index contributed by atoms with van der Waals surface area (Å²) in [5.74, 6) is 0.810. The topological polar surface area (TPSA) is 58.7 Å². The molecule has 1 heterocycles. The molecule has 1 aliphatic heterocycles. The van der Waals surface area contributed by atoms with Gasteiger partial charge in [-0.25, -0.2) is 0 Å². The predicted octanol–water partition coefficient (Wildman–Crippen LogP) is 2.34. The molecule has 4 nitrogen and oxygen atoms in total. The highest BCUT2D eigenvalue weighted by Gasteiger charge is 2.42. The quantitative estimate of drug-likeness (QED) is 0.902. The summed E-state index contributed by atoms with van der Waals surface area (Å²) in [4.78, 5) is 2.35. The number of ether oxygens (including phenoxy) is 1. The number of rotatable bonds is 3. The maximum Gasteiger partial charge on any atom is 0.126 e. The van der Waals surface area contributed by atoms with Crippen LogP contribution >= 0.6 is 0 Å². The lowest BCUT2D eigenvalue weighted by molar-refractivity contribution is -0.0648. The fraction of sp³-hybridized carbons (Fsp3) is 0.429. The van der Waals surface area contributed by atoms with E-state index in [-0.39, 0.29) is 18.2 Å². The van der Waals surface area contributed by atoms with Crippen molar-refractivity contribution in [2.24, 2.45) is 5.73 Å². The normalized spacial score (nSPS) is 29.8. The van der Waals surface area contributed by atoms with Gasteiger partial charge in [-0.05, 0) is 42.5 Å². The van der Waals surface area contributed by atoms with Gasteiger partial charge in [-0.15, -0.1) is 0 Å². The fourth-order valence-corrected chi connectivity index (χ4v) is 4.23. The Morgan fingerprint density at radius 1 is 0.960 bits per heavy atom. The molecule has 1 aliphatic carbocycles. The van der Waals surface area contributed by atoms with Crippen molar-refractivity contribution in [1.29, 1.82) is 0 Å². The molecule has 2 aliphatic rings. The number of nitrogens with zero attached hydrogens (tertiary/aromatic N) is 1. The zero-order chi connectivity index (χ0) is 17.2. The SMILES string of the molecule is N[C@@H]1CC[C@@H](Oc2ccccc2)[C@H](O)[C@H]1N1CCc2ccccc2C1. The molecule has 1 saturated carbocycles. The first kappa shape index (κ1) is 16.6. The van der Waals surface area contributed by atoms with E-state index < -0.39 is 6.10 Å². The standard InChI is InChI=1S/C21H26N2O2/c22-18-10-11-19(25-17-8-2-1-3-9-17)21(24)20(18)23-13-12-15-6-4-5-7-16(15)14-23/h1-9,18-21,24H,10-14,22H2/t18-,19-,20+,21+/m1/s1. The average Bonchev–Trinajstić information content (AvgIpc) is 2.65. The minimum atomic E-state index is -0.575. The van der Waals surface area contributed by atoms with Gasteiger partial charge in [-0.3, -0.25) is 4.90 Å². The molecule has 4 rings (SSSR count). The first-order valence-electron chi connectivity index (χ1n) is 9.18. The molecule has 25 heavy (non-hydrogen) atoms. The Morgan fingerprint density at radius 3 is 2.48 bits per heavy atom. The van der Waals surface area contributed by atoms with Crippen LogP contribution in [-0.2, 0) is 13.0 Å². The first-order chi connectivity index (χ1) is 12.2. The molecule has 132 valence electrons. The van der Waals surface area contributed by atoms with Crippen molar-refractivity contribution in [2.45, 2.75) is 50.1 Å². The van der Waals surface area contributed by atoms with E-state index in [1.807, 2.05) is 30.3 Å². The molecule has 3 N–H and O–H groups in total. The van der Waals surface area contributed by atoms with Crippen LogP contribution in [0.5, 0.6) is 5.75 Å². The van der Waals surface area contributed by atoms with Crippen LogP contribution in [0.3, 0.4) is 0 Å². The Hall–Kier alpha value is -1.88. The lowest BCUT2D eigenvalue weighted by Gasteiger charge is -2.46. The van der Waals surface area contributed by atoms with Gasteiger partial charge in [-0.2, -0.15) is 0 Å². The third kappa shape index (κ3) is 3.43. The number of aliphatic hydroxyl groups is 1. The number of para-hydroxylation sites is 1. The Bertz CT molecular complexity index is 706. The minimum absolute atomic E-state index is 0.0177. The molecular formula is C21H26N2O2. The molecule has 0 unspecified atom stereocenters. The van der Waals surface area contributed by atoms with Gasteiger partial charge in [0, 0.05) is 19.1 Å². The Labute approximate surface area is 149 Å². The lowest BCUT2D eigenvalue weighted by atomic mass is 9.83. The monoisotopic (exact) mass is 338 g/mol. The van der Waals surface area contributed by atoms with Gasteiger partial charge >= 0.3 is 0 Å². The lowest BCUT2D eigenvalue weighted by Crippen LogP contribution is -2.62. The van der Waals surface area contributed by atoms with E-state index >= 15 is 0 Å². The van der Waals surface area contributed by atoms with Gasteiger partial charge < -0.3 is 15.6 Å². The number of hydrogen-bond donors (Lipinski definition) is 2. The van der Waals surface area contributed by atoms with E-state index in [9.17, 15) is 5.11 Å². The maximum absolute atomic E-state index is 11.0. The predicted molar refractivity (Wildman–Crippen MR) is 98.4 cm³/mol. The van der Waals surface area contributed by atoms with Crippen LogP contribution in [0.25, 0.3) is 0 Å². The van der Waals surface area contributed by atoms with Crippen LogP contribution < -0.4 is 10.5 Å². The molecule has 1 fully saturated rings. The van der Waals surface area contributed by atoms with Gasteiger partial charge in [0.1, 0.15) is 18.0 Å². The van der Waals surface area contributed by atoms with Crippen molar-refractivity contribution in [1.82, 2.24) is 4.90 Å². The summed E-state index contributed by atoms with van der Waals surface area (Å²) in [5, 5.41) is 11.0. The second-order valence-electron chi connectivity index (χ2n) is 7.18. The van der Waals surface area contributed by atoms with Crippen molar-refractivity contribution < 1.29 is 9.84 Å². The molecule has 0 aromatic heterocycles.